The summed E-state index contributed by atoms with van der Waals surface area (Å²) in [6, 6.07) is 9.95. The van der Waals surface area contributed by atoms with E-state index < -0.39 is 0 Å². The Balaban J connectivity index is 2.28. The number of pyridine rings is 1. The second kappa shape index (κ2) is 4.23. The van der Waals surface area contributed by atoms with E-state index in [2.05, 4.69) is 4.98 Å². The maximum absolute atomic E-state index is 9.54. The highest BCUT2D eigenvalue weighted by Crippen LogP contribution is 2.35. The van der Waals surface area contributed by atoms with Crippen LogP contribution in [0.4, 0.5) is 0 Å². The molecule has 2 aromatic rings. The van der Waals surface area contributed by atoms with Crippen LogP contribution >= 0.6 is 11.8 Å². The largest absolute Gasteiger partial charge is 0.508 e. The number of aromatic hydroxyl groups is 2. The lowest BCUT2D eigenvalue weighted by atomic mass is 10.3. The Morgan fingerprint density at radius 3 is 2.67 bits per heavy atom. The van der Waals surface area contributed by atoms with E-state index in [0.717, 1.165) is 5.03 Å². The molecule has 76 valence electrons. The minimum absolute atomic E-state index is 0.131. The summed E-state index contributed by atoms with van der Waals surface area (Å²) in [5.74, 6) is 0.273. The zero-order chi connectivity index (χ0) is 10.7. The Kier molecular flexibility index (Phi) is 2.78. The highest BCUT2D eigenvalue weighted by molar-refractivity contribution is 7.99. The fraction of sp³-hybridized carbons (Fsp3) is 0. The molecule has 4 heteroatoms. The number of benzene rings is 1. The van der Waals surface area contributed by atoms with Crippen molar-refractivity contribution in [3.8, 4) is 11.5 Å². The molecule has 3 nitrogen and oxygen atoms in total. The van der Waals surface area contributed by atoms with Crippen molar-refractivity contribution in [1.82, 2.24) is 4.98 Å². The van der Waals surface area contributed by atoms with E-state index in [0.29, 0.717) is 4.90 Å². The lowest BCUT2D eigenvalue weighted by molar-refractivity contribution is 0.448. The van der Waals surface area contributed by atoms with Crippen molar-refractivity contribution < 1.29 is 10.2 Å². The van der Waals surface area contributed by atoms with E-state index in [1.54, 1.807) is 6.20 Å². The van der Waals surface area contributed by atoms with Crippen molar-refractivity contribution >= 4 is 11.8 Å². The van der Waals surface area contributed by atoms with Crippen LogP contribution in [0, 0.1) is 0 Å². The number of aromatic nitrogens is 1. The Morgan fingerprint density at radius 2 is 1.93 bits per heavy atom. The van der Waals surface area contributed by atoms with Crippen LogP contribution in [0.1, 0.15) is 0 Å². The summed E-state index contributed by atoms with van der Waals surface area (Å²) in [6.07, 6.45) is 1.68. The van der Waals surface area contributed by atoms with Crippen LogP contribution in [0.2, 0.25) is 0 Å². The minimum atomic E-state index is 0.131. The number of hydrogen-bond acceptors (Lipinski definition) is 4. The average Bonchev–Trinajstić information content (AvgIpc) is 2.25. The van der Waals surface area contributed by atoms with Crippen molar-refractivity contribution in [1.29, 1.82) is 0 Å². The molecule has 2 rings (SSSR count). The van der Waals surface area contributed by atoms with Gasteiger partial charge in [0.1, 0.15) is 16.5 Å². The predicted molar refractivity (Wildman–Crippen MR) is 58.1 cm³/mol. The minimum Gasteiger partial charge on any atom is -0.508 e. The molecule has 1 heterocycles. The van der Waals surface area contributed by atoms with Gasteiger partial charge in [-0.05, 0) is 30.3 Å². The molecule has 2 N–H and O–H groups in total. The van der Waals surface area contributed by atoms with Crippen molar-refractivity contribution in [2.75, 3.05) is 0 Å². The summed E-state index contributed by atoms with van der Waals surface area (Å²) in [5.41, 5.74) is 0. The molecule has 0 aliphatic rings. The number of rotatable bonds is 2. The van der Waals surface area contributed by atoms with E-state index in [1.807, 2.05) is 18.2 Å². The molecule has 0 aliphatic carbocycles. The van der Waals surface area contributed by atoms with E-state index in [4.69, 9.17) is 0 Å². The van der Waals surface area contributed by atoms with Crippen LogP contribution in [0.25, 0.3) is 0 Å². The molecule has 0 aliphatic heterocycles. The number of nitrogens with zero attached hydrogens (tertiary/aromatic N) is 1. The molecule has 0 radical (unpaired) electrons. The van der Waals surface area contributed by atoms with Crippen molar-refractivity contribution in [2.45, 2.75) is 9.92 Å². The molecule has 0 amide bonds. The summed E-state index contributed by atoms with van der Waals surface area (Å²) >= 11 is 1.31. The summed E-state index contributed by atoms with van der Waals surface area (Å²) in [5, 5.41) is 19.6. The van der Waals surface area contributed by atoms with Gasteiger partial charge in [-0.25, -0.2) is 4.98 Å². The molecule has 0 unspecified atom stereocenters. The van der Waals surface area contributed by atoms with Gasteiger partial charge in [-0.1, -0.05) is 17.8 Å². The highest BCUT2D eigenvalue weighted by Gasteiger charge is 2.04. The van der Waals surface area contributed by atoms with Gasteiger partial charge in [0, 0.05) is 6.20 Å². The van der Waals surface area contributed by atoms with Gasteiger partial charge in [0.25, 0.3) is 0 Å². The molecule has 0 bridgehead atoms. The maximum atomic E-state index is 9.54. The summed E-state index contributed by atoms with van der Waals surface area (Å²) in [6.45, 7) is 0. The van der Waals surface area contributed by atoms with Crippen molar-refractivity contribution in [3.63, 3.8) is 0 Å². The molecule has 0 saturated carbocycles. The van der Waals surface area contributed by atoms with Gasteiger partial charge in [0.2, 0.25) is 0 Å². The highest BCUT2D eigenvalue weighted by atomic mass is 32.2. The first-order valence-electron chi connectivity index (χ1n) is 4.36. The van der Waals surface area contributed by atoms with Gasteiger partial charge in [0.05, 0.1) is 4.90 Å². The van der Waals surface area contributed by atoms with Gasteiger partial charge >= 0.3 is 0 Å². The zero-order valence-electron chi connectivity index (χ0n) is 7.79. The summed E-state index contributed by atoms with van der Waals surface area (Å²) in [4.78, 5) is 4.71. The third-order valence-electron chi connectivity index (χ3n) is 1.80. The van der Waals surface area contributed by atoms with Crippen LogP contribution in [0.5, 0.6) is 11.5 Å². The third kappa shape index (κ3) is 2.41. The fourth-order valence-corrected chi connectivity index (χ4v) is 1.94. The van der Waals surface area contributed by atoms with Crippen LogP contribution in [-0.2, 0) is 0 Å². The quantitative estimate of drug-likeness (QED) is 0.762. The van der Waals surface area contributed by atoms with Crippen LogP contribution in [0.15, 0.2) is 52.5 Å². The average molecular weight is 219 g/mol. The van der Waals surface area contributed by atoms with E-state index in [1.165, 1.54) is 30.0 Å². The Labute approximate surface area is 91.4 Å². The second-order valence-corrected chi connectivity index (χ2v) is 3.98. The van der Waals surface area contributed by atoms with E-state index >= 15 is 0 Å². The third-order valence-corrected chi connectivity index (χ3v) is 2.79. The van der Waals surface area contributed by atoms with Gasteiger partial charge in [-0.3, -0.25) is 0 Å². The Morgan fingerprint density at radius 1 is 1.07 bits per heavy atom. The zero-order valence-corrected chi connectivity index (χ0v) is 8.61. The molecule has 15 heavy (non-hydrogen) atoms. The molecule has 1 aromatic carbocycles. The first-order valence-corrected chi connectivity index (χ1v) is 5.18. The van der Waals surface area contributed by atoms with Gasteiger partial charge in [-0.15, -0.1) is 0 Å². The molecular formula is C11H9NO2S. The van der Waals surface area contributed by atoms with E-state index in [9.17, 15) is 10.2 Å². The molecule has 0 saturated heterocycles. The normalized spacial score (nSPS) is 10.1. The Hall–Kier alpha value is -1.68. The predicted octanol–water partition coefficient (Wildman–Crippen LogP) is 2.64. The summed E-state index contributed by atoms with van der Waals surface area (Å²) in [7, 11) is 0. The topological polar surface area (TPSA) is 53.4 Å². The smallest absolute Gasteiger partial charge is 0.129 e. The van der Waals surface area contributed by atoms with Crippen molar-refractivity contribution in [2.24, 2.45) is 0 Å². The first-order chi connectivity index (χ1) is 7.25. The van der Waals surface area contributed by atoms with Gasteiger partial charge in [0.15, 0.2) is 0 Å². The SMILES string of the molecule is Oc1ccc(O)c(Sc2ccccn2)c1. The fourth-order valence-electron chi connectivity index (χ4n) is 1.10. The monoisotopic (exact) mass is 219 g/mol. The summed E-state index contributed by atoms with van der Waals surface area (Å²) < 4.78 is 0. The number of phenols is 2. The lowest BCUT2D eigenvalue weighted by Gasteiger charge is -2.03. The van der Waals surface area contributed by atoms with Gasteiger partial charge < -0.3 is 10.2 Å². The second-order valence-electron chi connectivity index (χ2n) is 2.92. The number of phenolic OH excluding ortho intramolecular Hbond substituents is 2. The molecule has 0 fully saturated rings. The van der Waals surface area contributed by atoms with Crippen molar-refractivity contribution in [3.05, 3.63) is 42.6 Å². The standard InChI is InChI=1S/C11H9NO2S/c13-8-4-5-9(14)10(7-8)15-11-3-1-2-6-12-11/h1-7,13-14H. The van der Waals surface area contributed by atoms with Gasteiger partial charge in [-0.2, -0.15) is 0 Å². The number of hydrogen-bond donors (Lipinski definition) is 2. The lowest BCUT2D eigenvalue weighted by Crippen LogP contribution is -1.78. The van der Waals surface area contributed by atoms with Crippen LogP contribution < -0.4 is 0 Å². The molecular weight excluding hydrogens is 210 g/mol. The van der Waals surface area contributed by atoms with Crippen LogP contribution in [-0.4, -0.2) is 15.2 Å². The molecule has 0 spiro atoms. The van der Waals surface area contributed by atoms with Crippen LogP contribution in [0.3, 0.4) is 0 Å². The van der Waals surface area contributed by atoms with E-state index in [-0.39, 0.29) is 11.5 Å². The maximum Gasteiger partial charge on any atom is 0.129 e. The molecule has 0 atom stereocenters. The first kappa shape index (κ1) is 9.86. The molecule has 1 aromatic heterocycles. The Bertz CT molecular complexity index is 459.